The first-order valence-corrected chi connectivity index (χ1v) is 12.6. The number of benzene rings is 2. The van der Waals surface area contributed by atoms with E-state index in [4.69, 9.17) is 0 Å². The van der Waals surface area contributed by atoms with E-state index in [2.05, 4.69) is 41.7 Å². The number of hydrogen-bond acceptors (Lipinski definition) is 2. The molecule has 2 aromatic carbocycles. The minimum Gasteiger partial charge on any atom is -0.343 e. The molecule has 2 heterocycles. The first kappa shape index (κ1) is 23.3. The lowest BCUT2D eigenvalue weighted by Gasteiger charge is -2.32. The fourth-order valence-electron chi connectivity index (χ4n) is 4.96. The number of carbonyl (C=O) groups excluding carboxylic acids is 2. The van der Waals surface area contributed by atoms with Gasteiger partial charge in [0.25, 0.3) is 0 Å². The number of likely N-dealkylation sites (tertiary alicyclic amines) is 2. The molecule has 0 radical (unpaired) electrons. The Bertz CT molecular complexity index is 883. The van der Waals surface area contributed by atoms with Gasteiger partial charge in [-0.25, -0.2) is 4.79 Å². The van der Waals surface area contributed by atoms with Crippen molar-refractivity contribution in [1.82, 2.24) is 15.1 Å². The second-order valence-corrected chi connectivity index (χ2v) is 9.51. The fraction of sp³-hybridized carbons (Fsp3) is 0.500. The van der Waals surface area contributed by atoms with E-state index in [1.807, 2.05) is 28.0 Å². The van der Waals surface area contributed by atoms with Crippen molar-refractivity contribution in [3.8, 4) is 0 Å². The number of carbonyl (C=O) groups is 2. The average Bonchev–Trinajstić information content (AvgIpc) is 3.40. The van der Waals surface area contributed by atoms with Crippen LogP contribution in [-0.4, -0.2) is 54.5 Å². The standard InChI is InChI=1S/C28H37N3O2/c32-27(30-18-4-5-19-30)13-12-24-8-10-25(11-9-24)22-26-15-20-31(21-16-26)28(33)29-17-14-23-6-2-1-3-7-23/h1-3,6-11,26H,4-5,12-22H2,(H,29,33). The van der Waals surface area contributed by atoms with Crippen molar-refractivity contribution in [1.29, 1.82) is 0 Å². The number of nitrogens with zero attached hydrogens (tertiary/aromatic N) is 2. The van der Waals surface area contributed by atoms with Crippen LogP contribution in [0, 0.1) is 5.92 Å². The third-order valence-electron chi connectivity index (χ3n) is 7.07. The highest BCUT2D eigenvalue weighted by Gasteiger charge is 2.23. The Hall–Kier alpha value is -2.82. The van der Waals surface area contributed by atoms with Gasteiger partial charge in [-0.05, 0) is 67.6 Å². The van der Waals surface area contributed by atoms with Gasteiger partial charge in [0.1, 0.15) is 0 Å². The van der Waals surface area contributed by atoms with Crippen LogP contribution in [0.5, 0.6) is 0 Å². The van der Waals surface area contributed by atoms with Crippen LogP contribution in [0.2, 0.25) is 0 Å². The maximum atomic E-state index is 12.5. The van der Waals surface area contributed by atoms with Gasteiger partial charge in [-0.2, -0.15) is 0 Å². The predicted octanol–water partition coefficient (Wildman–Crippen LogP) is 4.45. The number of rotatable bonds is 8. The maximum Gasteiger partial charge on any atom is 0.317 e. The minimum atomic E-state index is 0.0669. The summed E-state index contributed by atoms with van der Waals surface area (Å²) in [6.07, 6.45) is 7.79. The van der Waals surface area contributed by atoms with Gasteiger partial charge in [0.2, 0.25) is 5.91 Å². The summed E-state index contributed by atoms with van der Waals surface area (Å²) >= 11 is 0. The Morgan fingerprint density at radius 3 is 2.09 bits per heavy atom. The fourth-order valence-corrected chi connectivity index (χ4v) is 4.96. The van der Waals surface area contributed by atoms with Crippen LogP contribution in [-0.2, 0) is 24.1 Å². The Morgan fingerprint density at radius 2 is 1.39 bits per heavy atom. The molecule has 3 amide bonds. The normalized spacial score (nSPS) is 16.7. The molecule has 2 aliphatic rings. The van der Waals surface area contributed by atoms with E-state index in [0.29, 0.717) is 24.8 Å². The van der Waals surface area contributed by atoms with E-state index in [0.717, 1.165) is 71.1 Å². The number of amides is 3. The molecule has 0 atom stereocenters. The molecular formula is C28H37N3O2. The lowest BCUT2D eigenvalue weighted by atomic mass is 9.90. The molecule has 2 aromatic rings. The zero-order valence-electron chi connectivity index (χ0n) is 19.7. The highest BCUT2D eigenvalue weighted by atomic mass is 16.2. The molecule has 0 spiro atoms. The first-order valence-electron chi connectivity index (χ1n) is 12.6. The number of hydrogen-bond donors (Lipinski definition) is 1. The van der Waals surface area contributed by atoms with Crippen LogP contribution in [0.1, 0.15) is 48.8 Å². The van der Waals surface area contributed by atoms with Crippen molar-refractivity contribution >= 4 is 11.9 Å². The average molecular weight is 448 g/mol. The molecule has 2 aliphatic heterocycles. The number of nitrogens with one attached hydrogen (secondary N) is 1. The van der Waals surface area contributed by atoms with Gasteiger partial charge in [-0.3, -0.25) is 4.79 Å². The number of aryl methyl sites for hydroxylation is 1. The molecule has 5 nitrogen and oxygen atoms in total. The zero-order valence-corrected chi connectivity index (χ0v) is 19.7. The van der Waals surface area contributed by atoms with E-state index >= 15 is 0 Å². The van der Waals surface area contributed by atoms with Crippen LogP contribution < -0.4 is 5.32 Å². The second kappa shape index (κ2) is 11.9. The molecule has 4 rings (SSSR count). The van der Waals surface area contributed by atoms with Crippen molar-refractivity contribution < 1.29 is 9.59 Å². The molecule has 0 aliphatic carbocycles. The summed E-state index contributed by atoms with van der Waals surface area (Å²) in [4.78, 5) is 28.7. The Balaban J connectivity index is 1.13. The lowest BCUT2D eigenvalue weighted by Crippen LogP contribution is -2.45. The van der Waals surface area contributed by atoms with Crippen LogP contribution in [0.15, 0.2) is 54.6 Å². The van der Waals surface area contributed by atoms with E-state index in [9.17, 15) is 9.59 Å². The summed E-state index contributed by atoms with van der Waals surface area (Å²) in [5, 5.41) is 3.07. The molecule has 5 heteroatoms. The summed E-state index contributed by atoms with van der Waals surface area (Å²) in [7, 11) is 0. The molecular weight excluding hydrogens is 410 g/mol. The molecule has 0 saturated carbocycles. The lowest BCUT2D eigenvalue weighted by molar-refractivity contribution is -0.130. The van der Waals surface area contributed by atoms with Gasteiger partial charge >= 0.3 is 6.03 Å². The van der Waals surface area contributed by atoms with Crippen LogP contribution in [0.4, 0.5) is 4.79 Å². The van der Waals surface area contributed by atoms with E-state index in [-0.39, 0.29) is 6.03 Å². The molecule has 2 saturated heterocycles. The van der Waals surface area contributed by atoms with Crippen LogP contribution >= 0.6 is 0 Å². The number of piperidine rings is 1. The number of urea groups is 1. The van der Waals surface area contributed by atoms with Crippen LogP contribution in [0.25, 0.3) is 0 Å². The Kier molecular flexibility index (Phi) is 8.40. The summed E-state index contributed by atoms with van der Waals surface area (Å²) in [5.74, 6) is 0.924. The van der Waals surface area contributed by atoms with Crippen molar-refractivity contribution in [3.63, 3.8) is 0 Å². The summed E-state index contributed by atoms with van der Waals surface area (Å²) < 4.78 is 0. The summed E-state index contributed by atoms with van der Waals surface area (Å²) in [5.41, 5.74) is 3.85. The van der Waals surface area contributed by atoms with Gasteiger partial charge in [0, 0.05) is 39.1 Å². The highest BCUT2D eigenvalue weighted by Crippen LogP contribution is 2.22. The van der Waals surface area contributed by atoms with Gasteiger partial charge in [-0.15, -0.1) is 0 Å². The molecule has 33 heavy (non-hydrogen) atoms. The maximum absolute atomic E-state index is 12.5. The molecule has 0 aromatic heterocycles. The largest absolute Gasteiger partial charge is 0.343 e. The molecule has 0 unspecified atom stereocenters. The third kappa shape index (κ3) is 7.08. The summed E-state index contributed by atoms with van der Waals surface area (Å²) in [6, 6.07) is 19.1. The molecule has 176 valence electrons. The monoisotopic (exact) mass is 447 g/mol. The van der Waals surface area contributed by atoms with Crippen molar-refractivity contribution in [2.45, 2.75) is 51.4 Å². The van der Waals surface area contributed by atoms with Crippen LogP contribution in [0.3, 0.4) is 0 Å². The highest BCUT2D eigenvalue weighted by molar-refractivity contribution is 5.76. The zero-order chi connectivity index (χ0) is 22.9. The second-order valence-electron chi connectivity index (χ2n) is 9.51. The van der Waals surface area contributed by atoms with Crippen molar-refractivity contribution in [2.75, 3.05) is 32.7 Å². The molecule has 0 bridgehead atoms. The molecule has 1 N–H and O–H groups in total. The smallest absolute Gasteiger partial charge is 0.317 e. The Labute approximate surface area is 198 Å². The van der Waals surface area contributed by atoms with E-state index in [1.165, 1.54) is 16.7 Å². The Morgan fingerprint density at radius 1 is 0.758 bits per heavy atom. The first-order chi connectivity index (χ1) is 16.2. The van der Waals surface area contributed by atoms with Crippen molar-refractivity contribution in [2.24, 2.45) is 5.92 Å². The third-order valence-corrected chi connectivity index (χ3v) is 7.07. The van der Waals surface area contributed by atoms with Gasteiger partial charge in [-0.1, -0.05) is 54.6 Å². The molecule has 2 fully saturated rings. The predicted molar refractivity (Wildman–Crippen MR) is 132 cm³/mol. The SMILES string of the molecule is O=C(CCc1ccc(CC2CCN(C(=O)NCCc3ccccc3)CC2)cc1)N1CCCC1. The van der Waals surface area contributed by atoms with Gasteiger partial charge < -0.3 is 15.1 Å². The van der Waals surface area contributed by atoms with Gasteiger partial charge in [0.15, 0.2) is 0 Å². The van der Waals surface area contributed by atoms with Crippen molar-refractivity contribution in [3.05, 3.63) is 71.3 Å². The van der Waals surface area contributed by atoms with Gasteiger partial charge in [0.05, 0.1) is 0 Å². The quantitative estimate of drug-likeness (QED) is 0.650. The summed E-state index contributed by atoms with van der Waals surface area (Å²) in [6.45, 7) is 4.22. The van der Waals surface area contributed by atoms with E-state index in [1.54, 1.807) is 0 Å². The minimum absolute atomic E-state index is 0.0669. The van der Waals surface area contributed by atoms with E-state index < -0.39 is 0 Å². The topological polar surface area (TPSA) is 52.7 Å².